The van der Waals surface area contributed by atoms with Gasteiger partial charge in [-0.15, -0.1) is 0 Å². The Hall–Kier alpha value is -3.30. The highest BCUT2D eigenvalue weighted by Gasteiger charge is 2.44. The number of ether oxygens (including phenoxy) is 1. The molecule has 6 nitrogen and oxygen atoms in total. The first kappa shape index (κ1) is 22.5. The van der Waals surface area contributed by atoms with Crippen LogP contribution in [0.4, 0.5) is 8.78 Å². The zero-order valence-electron chi connectivity index (χ0n) is 18.4. The van der Waals surface area contributed by atoms with Gasteiger partial charge in [0.15, 0.2) is 9.84 Å². The van der Waals surface area contributed by atoms with Crippen molar-refractivity contribution in [3.63, 3.8) is 0 Å². The lowest BCUT2D eigenvalue weighted by molar-refractivity contribution is -0.0506. The number of imidazole rings is 1. The smallest absolute Gasteiger partial charge is 0.387 e. The molecule has 34 heavy (non-hydrogen) atoms. The van der Waals surface area contributed by atoms with Gasteiger partial charge in [0, 0.05) is 23.9 Å². The van der Waals surface area contributed by atoms with E-state index in [0.29, 0.717) is 22.6 Å². The fourth-order valence-corrected chi connectivity index (χ4v) is 5.31. The van der Waals surface area contributed by atoms with Crippen molar-refractivity contribution in [2.24, 2.45) is 0 Å². The van der Waals surface area contributed by atoms with Gasteiger partial charge in [-0.3, -0.25) is 0 Å². The van der Waals surface area contributed by atoms with E-state index in [1.54, 1.807) is 49.4 Å². The molecule has 0 aliphatic heterocycles. The molecule has 0 saturated carbocycles. The second kappa shape index (κ2) is 7.89. The van der Waals surface area contributed by atoms with Crippen LogP contribution in [0.15, 0.2) is 71.8 Å². The van der Waals surface area contributed by atoms with Gasteiger partial charge >= 0.3 is 6.61 Å². The molecule has 9 heteroatoms. The zero-order valence-corrected chi connectivity index (χ0v) is 19.3. The molecule has 2 aromatic heterocycles. The van der Waals surface area contributed by atoms with Gasteiger partial charge in [-0.05, 0) is 54.8 Å². The van der Waals surface area contributed by atoms with Gasteiger partial charge in [-0.2, -0.15) is 8.78 Å². The fourth-order valence-electron chi connectivity index (χ4n) is 4.68. The van der Waals surface area contributed by atoms with Crippen LogP contribution in [0.1, 0.15) is 36.2 Å². The number of benzene rings is 2. The maximum absolute atomic E-state index is 13.0. The third-order valence-electron chi connectivity index (χ3n) is 6.22. The van der Waals surface area contributed by atoms with Crippen molar-refractivity contribution in [2.75, 3.05) is 6.26 Å². The molecule has 0 fully saturated rings. The van der Waals surface area contributed by atoms with Crippen molar-refractivity contribution in [1.82, 2.24) is 9.38 Å². The van der Waals surface area contributed by atoms with Gasteiger partial charge in [0.2, 0.25) is 0 Å². The molecular weight excluding hydrogens is 462 g/mol. The predicted octanol–water partition coefficient (Wildman–Crippen LogP) is 4.75. The molecule has 0 amide bonds. The molecule has 0 bridgehead atoms. The fraction of sp³-hybridized carbons (Fsp3) is 0.240. The Morgan fingerprint density at radius 2 is 1.76 bits per heavy atom. The van der Waals surface area contributed by atoms with Gasteiger partial charge in [0.25, 0.3) is 0 Å². The molecule has 5 rings (SSSR count). The van der Waals surface area contributed by atoms with E-state index in [0.717, 1.165) is 17.4 Å². The summed E-state index contributed by atoms with van der Waals surface area (Å²) >= 11 is 0. The van der Waals surface area contributed by atoms with Crippen molar-refractivity contribution in [1.29, 1.82) is 0 Å². The number of hydrogen-bond acceptors (Lipinski definition) is 5. The minimum atomic E-state index is -3.31. The molecule has 176 valence electrons. The number of aliphatic hydroxyl groups is 1. The molecule has 0 spiro atoms. The summed E-state index contributed by atoms with van der Waals surface area (Å²) in [4.78, 5) is 4.87. The predicted molar refractivity (Wildman–Crippen MR) is 123 cm³/mol. The van der Waals surface area contributed by atoms with Crippen molar-refractivity contribution in [3.05, 3.63) is 83.8 Å². The van der Waals surface area contributed by atoms with E-state index in [2.05, 4.69) is 4.98 Å². The molecule has 1 N–H and O–H groups in total. The molecule has 2 atom stereocenters. The first-order valence-corrected chi connectivity index (χ1v) is 12.5. The minimum absolute atomic E-state index is 0.0635. The monoisotopic (exact) mass is 484 g/mol. The van der Waals surface area contributed by atoms with E-state index in [-0.39, 0.29) is 17.1 Å². The standard InChI is InChI=1S/C25H22F2N2O4S/c1-25(30)13-19(18-5-3-4-6-20(18)33-24(26)27)22-23(25)28-21-12-9-16(14-29(21)22)15-7-10-17(11-8-15)34(2,31)32/h3-12,14,19,24,30H,13H2,1-2H3/t19-,25-/m1/s1. The highest BCUT2D eigenvalue weighted by Crippen LogP contribution is 2.49. The molecule has 2 heterocycles. The molecule has 1 aliphatic rings. The maximum atomic E-state index is 13.0. The lowest BCUT2D eigenvalue weighted by Crippen LogP contribution is -2.18. The largest absolute Gasteiger partial charge is 0.435 e. The molecule has 0 saturated heterocycles. The van der Waals surface area contributed by atoms with Crippen molar-refractivity contribution in [2.45, 2.75) is 36.4 Å². The first-order valence-electron chi connectivity index (χ1n) is 10.6. The van der Waals surface area contributed by atoms with Crippen LogP contribution in [-0.4, -0.2) is 35.8 Å². The number of hydrogen-bond donors (Lipinski definition) is 1. The topological polar surface area (TPSA) is 80.9 Å². The Labute approximate surface area is 195 Å². The van der Waals surface area contributed by atoms with E-state index in [4.69, 9.17) is 4.74 Å². The number of alkyl halides is 2. The lowest BCUT2D eigenvalue weighted by atomic mass is 9.93. The summed E-state index contributed by atoms with van der Waals surface area (Å²) in [5.41, 5.74) is 2.73. The Balaban J connectivity index is 1.65. The number of nitrogens with zero attached hydrogens (tertiary/aromatic N) is 2. The van der Waals surface area contributed by atoms with E-state index < -0.39 is 28.0 Å². The van der Waals surface area contributed by atoms with E-state index in [9.17, 15) is 22.3 Å². The molecule has 0 radical (unpaired) electrons. The maximum Gasteiger partial charge on any atom is 0.387 e. The van der Waals surface area contributed by atoms with Crippen LogP contribution in [-0.2, 0) is 15.4 Å². The first-order chi connectivity index (χ1) is 16.0. The third kappa shape index (κ3) is 3.84. The van der Waals surface area contributed by atoms with Crippen molar-refractivity contribution >= 4 is 15.5 Å². The molecule has 1 aliphatic carbocycles. The van der Waals surface area contributed by atoms with Gasteiger partial charge < -0.3 is 14.2 Å². The van der Waals surface area contributed by atoms with E-state index >= 15 is 0 Å². The number of sulfone groups is 1. The van der Waals surface area contributed by atoms with Gasteiger partial charge in [-0.1, -0.05) is 30.3 Å². The summed E-state index contributed by atoms with van der Waals surface area (Å²) in [6.45, 7) is -1.30. The molecule has 2 aromatic carbocycles. The summed E-state index contributed by atoms with van der Waals surface area (Å²) in [6.07, 6.45) is 3.29. The average molecular weight is 485 g/mol. The number of fused-ring (bicyclic) bond motifs is 3. The highest BCUT2D eigenvalue weighted by molar-refractivity contribution is 7.90. The average Bonchev–Trinajstić information content (AvgIpc) is 3.28. The normalized spacial score (nSPS) is 20.1. The van der Waals surface area contributed by atoms with Crippen molar-refractivity contribution < 1.29 is 27.0 Å². The SMILES string of the molecule is C[C@@]1(O)C[C@H](c2ccccc2OC(F)F)c2c1nc1ccc(-c3ccc(S(C)(=O)=O)cc3)cn21. The van der Waals surface area contributed by atoms with Crippen LogP contribution < -0.4 is 4.74 Å². The number of halogens is 2. The van der Waals surface area contributed by atoms with E-state index in [1.165, 1.54) is 6.07 Å². The number of para-hydroxylation sites is 1. The molecule has 4 aromatic rings. The Bertz CT molecular complexity index is 1500. The molecular formula is C25H22F2N2O4S. The number of pyridine rings is 1. The van der Waals surface area contributed by atoms with Crippen molar-refractivity contribution in [3.8, 4) is 16.9 Å². The van der Waals surface area contributed by atoms with Crippen LogP contribution in [0.25, 0.3) is 16.8 Å². The molecule has 0 unspecified atom stereocenters. The Morgan fingerprint density at radius 3 is 2.44 bits per heavy atom. The van der Waals surface area contributed by atoms with Crippen LogP contribution in [0.2, 0.25) is 0 Å². The number of rotatable bonds is 5. The quantitative estimate of drug-likeness (QED) is 0.442. The van der Waals surface area contributed by atoms with Crippen LogP contribution in [0, 0.1) is 0 Å². The third-order valence-corrected chi connectivity index (χ3v) is 7.35. The Morgan fingerprint density at radius 1 is 1.09 bits per heavy atom. The summed E-state index contributed by atoms with van der Waals surface area (Å²) in [7, 11) is -3.31. The summed E-state index contributed by atoms with van der Waals surface area (Å²) in [5, 5.41) is 11.1. The minimum Gasteiger partial charge on any atom is -0.435 e. The van der Waals surface area contributed by atoms with Gasteiger partial charge in [-0.25, -0.2) is 13.4 Å². The second-order valence-electron chi connectivity index (χ2n) is 8.74. The summed E-state index contributed by atoms with van der Waals surface area (Å²) in [6, 6.07) is 16.8. The highest BCUT2D eigenvalue weighted by atomic mass is 32.2. The number of aromatic nitrogens is 2. The Kier molecular flexibility index (Phi) is 5.22. The summed E-state index contributed by atoms with van der Waals surface area (Å²) < 4.78 is 56.3. The van der Waals surface area contributed by atoms with Crippen LogP contribution in [0.5, 0.6) is 5.75 Å². The van der Waals surface area contributed by atoms with Gasteiger partial charge in [0.05, 0.1) is 16.3 Å². The van der Waals surface area contributed by atoms with E-state index in [1.807, 2.05) is 22.7 Å². The lowest BCUT2D eigenvalue weighted by Gasteiger charge is -2.20. The zero-order chi connectivity index (χ0) is 24.3. The van der Waals surface area contributed by atoms with Crippen LogP contribution in [0.3, 0.4) is 0 Å². The van der Waals surface area contributed by atoms with Crippen LogP contribution >= 0.6 is 0 Å². The second-order valence-corrected chi connectivity index (χ2v) is 10.8. The van der Waals surface area contributed by atoms with Gasteiger partial charge in [0.1, 0.15) is 17.0 Å². The summed E-state index contributed by atoms with van der Waals surface area (Å²) in [5.74, 6) is -0.355.